The fourth-order valence-corrected chi connectivity index (χ4v) is 15.0. The lowest BCUT2D eigenvalue weighted by atomic mass is 9.73. The number of halogens is 5. The van der Waals surface area contributed by atoms with E-state index in [1.54, 1.807) is 18.2 Å². The third-order valence-corrected chi connectivity index (χ3v) is 20.9. The van der Waals surface area contributed by atoms with E-state index in [9.17, 15) is 49.2 Å². The van der Waals surface area contributed by atoms with Gasteiger partial charge in [0.15, 0.2) is 0 Å². The van der Waals surface area contributed by atoms with Gasteiger partial charge in [-0.05, 0) is 133 Å². The zero-order chi connectivity index (χ0) is 60.4. The van der Waals surface area contributed by atoms with Crippen LogP contribution in [0.5, 0.6) is 0 Å². The SMILES string of the molecule is CC1(C)CCC(c2ccc(Cl)cc2)=C(CN2CCN(c3ccc(C(=O)NS(=O)(=O)c4ccc(N[C@H](CCN5CCN(Cc6cc(F)c7c(c6)CN(C6CCC(=O)NC6=O)C7=O)CC5)CSc5ccccc5)c(S(=O)(=O)C(F)(F)F)c4)cc3)CC2)C1. The maximum Gasteiger partial charge on any atom is 0.501 e. The number of alkyl halides is 3. The van der Waals surface area contributed by atoms with E-state index in [1.165, 1.54) is 51.6 Å². The van der Waals surface area contributed by atoms with E-state index in [1.807, 2.05) is 47.2 Å². The second kappa shape index (κ2) is 25.5. The van der Waals surface area contributed by atoms with Crippen molar-refractivity contribution < 1.29 is 53.6 Å². The number of sulfonamides is 1. The Morgan fingerprint density at radius 3 is 2.16 bits per heavy atom. The summed E-state index contributed by atoms with van der Waals surface area (Å²) in [6.45, 7) is 11.5. The average molecular weight is 1250 g/mol. The summed E-state index contributed by atoms with van der Waals surface area (Å²) >= 11 is 7.61. The number of nitrogens with zero attached hydrogens (tertiary/aromatic N) is 5. The molecule has 24 heteroatoms. The monoisotopic (exact) mass is 1250 g/mol. The van der Waals surface area contributed by atoms with Gasteiger partial charge in [0.05, 0.1) is 16.1 Å². The Labute approximate surface area is 502 Å². The summed E-state index contributed by atoms with van der Waals surface area (Å²) in [6, 6.07) is 27.5. The van der Waals surface area contributed by atoms with Crippen molar-refractivity contribution in [2.75, 3.05) is 81.4 Å². The number of anilines is 2. The fraction of sp³-hybridized carbons (Fsp3) is 0.410. The van der Waals surface area contributed by atoms with Gasteiger partial charge in [0.25, 0.3) is 31.7 Å². The van der Waals surface area contributed by atoms with Gasteiger partial charge >= 0.3 is 5.51 Å². The summed E-state index contributed by atoms with van der Waals surface area (Å²) in [5.74, 6) is -3.09. The normalized spacial score (nSPS) is 19.7. The third kappa shape index (κ3) is 14.6. The Hall–Kier alpha value is -6.34. The molecule has 1 aliphatic carbocycles. The van der Waals surface area contributed by atoms with Gasteiger partial charge in [-0.3, -0.25) is 34.3 Å². The predicted octanol–water partition coefficient (Wildman–Crippen LogP) is 9.22. The number of rotatable bonds is 19. The topological polar surface area (TPSA) is 189 Å². The summed E-state index contributed by atoms with van der Waals surface area (Å²) in [5.41, 5.74) is -0.297. The molecular formula is C61H67ClF4N8O8S3. The number of fused-ring (bicyclic) bond motifs is 1. The van der Waals surface area contributed by atoms with Crippen LogP contribution in [0, 0.1) is 11.2 Å². The molecule has 3 fully saturated rings. The lowest BCUT2D eigenvalue weighted by Gasteiger charge is -2.39. The minimum atomic E-state index is -6.16. The first-order valence-corrected chi connectivity index (χ1v) is 32.6. The van der Waals surface area contributed by atoms with Crippen molar-refractivity contribution in [2.45, 2.75) is 97.7 Å². The van der Waals surface area contributed by atoms with E-state index in [2.05, 4.69) is 56.2 Å². The molecule has 0 spiro atoms. The van der Waals surface area contributed by atoms with Crippen molar-refractivity contribution in [3.8, 4) is 0 Å². The molecule has 4 aliphatic heterocycles. The molecule has 4 amide bonds. The largest absolute Gasteiger partial charge is 0.501 e. The van der Waals surface area contributed by atoms with Crippen LogP contribution in [0.4, 0.5) is 28.9 Å². The zero-order valence-electron chi connectivity index (χ0n) is 47.1. The highest BCUT2D eigenvalue weighted by atomic mass is 35.5. The second-order valence-electron chi connectivity index (χ2n) is 23.2. The number of imide groups is 1. The molecular weight excluding hydrogens is 1180 g/mol. The Balaban J connectivity index is 0.770. The van der Waals surface area contributed by atoms with Crippen LogP contribution >= 0.6 is 23.4 Å². The maximum atomic E-state index is 15.5. The molecule has 10 rings (SSSR count). The highest BCUT2D eigenvalue weighted by molar-refractivity contribution is 7.99. The summed E-state index contributed by atoms with van der Waals surface area (Å²) in [4.78, 5) is 59.9. The Morgan fingerprint density at radius 1 is 0.812 bits per heavy atom. The molecule has 5 aromatic rings. The molecule has 5 aromatic carbocycles. The lowest BCUT2D eigenvalue weighted by Crippen LogP contribution is -2.52. The van der Waals surface area contributed by atoms with E-state index in [0.717, 1.165) is 61.6 Å². The second-order valence-corrected chi connectivity index (χ2v) is 28.3. The Kier molecular flexibility index (Phi) is 18.6. The van der Waals surface area contributed by atoms with Crippen molar-refractivity contribution in [2.24, 2.45) is 5.41 Å². The highest BCUT2D eigenvalue weighted by Gasteiger charge is 2.49. The number of piperazine rings is 2. The van der Waals surface area contributed by atoms with E-state index < -0.39 is 82.4 Å². The van der Waals surface area contributed by atoms with Gasteiger partial charge in [0, 0.05) is 118 Å². The maximum absolute atomic E-state index is 15.5. The van der Waals surface area contributed by atoms with Gasteiger partial charge in [0.2, 0.25) is 11.8 Å². The van der Waals surface area contributed by atoms with E-state index in [4.69, 9.17) is 11.6 Å². The number of benzene rings is 5. The first-order valence-electron chi connectivity index (χ1n) is 28.3. The molecule has 4 heterocycles. The molecule has 0 saturated carbocycles. The number of amides is 4. The minimum absolute atomic E-state index is 0.0323. The molecule has 2 atom stereocenters. The van der Waals surface area contributed by atoms with Crippen LogP contribution in [0.3, 0.4) is 0 Å². The van der Waals surface area contributed by atoms with Crippen molar-refractivity contribution in [1.29, 1.82) is 0 Å². The Bertz CT molecular complexity index is 3600. The van der Waals surface area contributed by atoms with Crippen LogP contribution in [0.25, 0.3) is 5.57 Å². The number of allylic oxidation sites excluding steroid dienone is 1. The summed E-state index contributed by atoms with van der Waals surface area (Å²) < 4.78 is 115. The van der Waals surface area contributed by atoms with E-state index >= 15 is 4.39 Å². The van der Waals surface area contributed by atoms with Crippen LogP contribution < -0.4 is 20.3 Å². The number of hydrogen-bond donors (Lipinski definition) is 3. The van der Waals surface area contributed by atoms with Crippen molar-refractivity contribution >= 4 is 83.8 Å². The highest BCUT2D eigenvalue weighted by Crippen LogP contribution is 2.43. The molecule has 5 aliphatic rings. The van der Waals surface area contributed by atoms with Crippen LogP contribution in [-0.4, -0.2) is 149 Å². The minimum Gasteiger partial charge on any atom is -0.380 e. The fourth-order valence-electron chi connectivity index (χ4n) is 11.9. The number of carbonyl (C=O) groups excluding carboxylic acids is 4. The third-order valence-electron chi connectivity index (χ3n) is 16.6. The Morgan fingerprint density at radius 2 is 1.48 bits per heavy atom. The number of thioether (sulfide) groups is 1. The molecule has 0 bridgehead atoms. The van der Waals surface area contributed by atoms with Gasteiger partial charge in [-0.25, -0.2) is 25.9 Å². The quantitative estimate of drug-likeness (QED) is 0.0403. The van der Waals surface area contributed by atoms with Crippen LogP contribution in [0.2, 0.25) is 5.02 Å². The van der Waals surface area contributed by atoms with Gasteiger partial charge in [-0.2, -0.15) is 13.2 Å². The van der Waals surface area contributed by atoms with Crippen molar-refractivity contribution in [3.05, 3.63) is 153 Å². The van der Waals surface area contributed by atoms with Crippen molar-refractivity contribution in [1.82, 2.24) is 29.6 Å². The van der Waals surface area contributed by atoms with E-state index in [0.29, 0.717) is 81.0 Å². The number of hydrogen-bond acceptors (Lipinski definition) is 14. The molecule has 452 valence electrons. The number of piperidine rings is 1. The molecule has 3 saturated heterocycles. The van der Waals surface area contributed by atoms with Gasteiger partial charge in [-0.1, -0.05) is 67.4 Å². The molecule has 0 aromatic heterocycles. The van der Waals surface area contributed by atoms with Crippen LogP contribution in [0.1, 0.15) is 89.8 Å². The lowest BCUT2D eigenvalue weighted by molar-refractivity contribution is -0.136. The van der Waals surface area contributed by atoms with Gasteiger partial charge < -0.3 is 20.0 Å². The molecule has 16 nitrogen and oxygen atoms in total. The first-order chi connectivity index (χ1) is 40.4. The molecule has 3 N–H and O–H groups in total. The molecule has 85 heavy (non-hydrogen) atoms. The summed E-state index contributed by atoms with van der Waals surface area (Å²) in [5, 5.41) is 5.96. The smallest absolute Gasteiger partial charge is 0.380 e. The molecule has 0 radical (unpaired) electrons. The van der Waals surface area contributed by atoms with Gasteiger partial charge in [0.1, 0.15) is 16.8 Å². The zero-order valence-corrected chi connectivity index (χ0v) is 50.3. The van der Waals surface area contributed by atoms with Crippen LogP contribution in [-0.2, 0) is 42.5 Å². The van der Waals surface area contributed by atoms with Gasteiger partial charge in [-0.15, -0.1) is 11.8 Å². The number of nitrogens with one attached hydrogen (secondary N) is 3. The summed E-state index contributed by atoms with van der Waals surface area (Å²) in [6.07, 6.45) is 3.64. The van der Waals surface area contributed by atoms with E-state index in [-0.39, 0.29) is 41.7 Å². The number of sulfone groups is 1. The predicted molar refractivity (Wildman–Crippen MR) is 319 cm³/mol. The van der Waals surface area contributed by atoms with Crippen molar-refractivity contribution in [3.63, 3.8) is 0 Å². The summed E-state index contributed by atoms with van der Waals surface area (Å²) in [7, 11) is -11.1. The number of carbonyl (C=O) groups is 4. The van der Waals surface area contributed by atoms with Crippen LogP contribution in [0.15, 0.2) is 129 Å². The average Bonchev–Trinajstić information content (AvgIpc) is 3.04. The standard InChI is InChI=1S/C61H67ClF4N8O8S3/c1-60(2)22-20-50(41-8-12-45(62)13-9-41)44(35-60)37-72-28-30-73(31-29-72)47-14-10-42(11-15-47)57(76)69-85(81,82)49-16-17-52(54(34-49)84(79,80)61(64,65)66)67-46(39-83-48-6-4-3-5-7-48)21-23-70-24-26-71(27-25-70)36-40-32-43-38-74(59(78)56(43)51(63)33-40)53-18-19-55(75)68-58(53)77/h3-17,32-34,46,53,67H,18-31,35-39H2,1-2H3,(H,69,76)(H,68,75,77)/t46-,53?/m1/s1. The first kappa shape index (κ1) is 61.7. The molecule has 1 unspecified atom stereocenters.